The molecule has 4 nitrogen and oxygen atoms in total. The number of fused-ring (bicyclic) bond motifs is 1. The summed E-state index contributed by atoms with van der Waals surface area (Å²) < 4.78 is 5.93. The van der Waals surface area contributed by atoms with E-state index in [1.807, 2.05) is 24.3 Å². The third-order valence-corrected chi connectivity index (χ3v) is 6.02. The van der Waals surface area contributed by atoms with Crippen molar-refractivity contribution < 1.29 is 14.6 Å². The van der Waals surface area contributed by atoms with E-state index in [0.29, 0.717) is 6.61 Å². The lowest BCUT2D eigenvalue weighted by atomic mass is 9.96. The molecule has 1 N–H and O–H groups in total. The molecule has 0 radical (unpaired) electrons. The maximum absolute atomic E-state index is 11.1. The van der Waals surface area contributed by atoms with Crippen LogP contribution in [0.4, 0.5) is 0 Å². The molecule has 0 saturated carbocycles. The number of ether oxygens (including phenoxy) is 1. The summed E-state index contributed by atoms with van der Waals surface area (Å²) in [6, 6.07) is 24.9. The Bertz CT molecular complexity index is 1150. The zero-order valence-electron chi connectivity index (χ0n) is 19.5. The van der Waals surface area contributed by atoms with Gasteiger partial charge in [0.1, 0.15) is 12.4 Å². The molecule has 1 atom stereocenters. The van der Waals surface area contributed by atoms with Crippen LogP contribution in [0, 0.1) is 11.8 Å². The van der Waals surface area contributed by atoms with Crippen LogP contribution in [0.2, 0.25) is 0 Å². The van der Waals surface area contributed by atoms with E-state index in [1.165, 1.54) is 16.7 Å². The number of rotatable bonds is 8. The number of nitrogens with zero attached hydrogens (tertiary/aromatic N) is 1. The molecule has 0 saturated heterocycles. The number of hydrogen-bond donors (Lipinski definition) is 1. The number of hydrogen-bond acceptors (Lipinski definition) is 3. The van der Waals surface area contributed by atoms with Crippen LogP contribution in [0.1, 0.15) is 47.1 Å². The van der Waals surface area contributed by atoms with Crippen molar-refractivity contribution in [1.29, 1.82) is 0 Å². The summed E-state index contributed by atoms with van der Waals surface area (Å²) >= 11 is 0. The van der Waals surface area contributed by atoms with E-state index in [9.17, 15) is 4.79 Å². The number of aliphatic carboxylic acids is 1. The highest BCUT2D eigenvalue weighted by Crippen LogP contribution is 2.23. The second kappa shape index (κ2) is 12.3. The van der Waals surface area contributed by atoms with Gasteiger partial charge in [-0.15, -0.1) is 5.92 Å². The van der Waals surface area contributed by atoms with Crippen LogP contribution >= 0.6 is 13.5 Å². The quantitative estimate of drug-likeness (QED) is 0.438. The van der Waals surface area contributed by atoms with Crippen LogP contribution in [0.15, 0.2) is 72.8 Å². The first kappa shape index (κ1) is 25.4. The third-order valence-electron chi connectivity index (χ3n) is 6.02. The minimum Gasteiger partial charge on any atom is -0.489 e. The highest BCUT2D eigenvalue weighted by molar-refractivity contribution is 7.59. The minimum absolute atomic E-state index is 0. The van der Waals surface area contributed by atoms with Crippen molar-refractivity contribution >= 4 is 19.5 Å². The highest BCUT2D eigenvalue weighted by Gasteiger charge is 2.16. The standard InChI is InChI=1S/C29H29NO3.H2S/c1-2-5-26(18-29(31)32)25-12-14-28(15-13-25)33-21-23-10-8-22(9-11-23)19-30-17-16-24-6-3-4-7-27(24)20-30;/h3-4,6-15,26H,16-21H2,1H3,(H,31,32);1H2/t26-;/m0./s1. The normalized spacial score (nSPS) is 13.6. The molecule has 34 heavy (non-hydrogen) atoms. The fourth-order valence-electron chi connectivity index (χ4n) is 4.25. The van der Waals surface area contributed by atoms with Crippen LogP contribution in [0.25, 0.3) is 0 Å². The van der Waals surface area contributed by atoms with Gasteiger partial charge in [0.2, 0.25) is 0 Å². The first-order valence-corrected chi connectivity index (χ1v) is 11.3. The van der Waals surface area contributed by atoms with Gasteiger partial charge in [-0.2, -0.15) is 13.5 Å². The Labute approximate surface area is 209 Å². The van der Waals surface area contributed by atoms with Gasteiger partial charge in [-0.3, -0.25) is 9.69 Å². The molecule has 1 aliphatic heterocycles. The predicted octanol–water partition coefficient (Wildman–Crippen LogP) is 5.52. The van der Waals surface area contributed by atoms with Crippen molar-refractivity contribution in [1.82, 2.24) is 4.90 Å². The van der Waals surface area contributed by atoms with Gasteiger partial charge in [-0.25, -0.2) is 0 Å². The summed E-state index contributed by atoms with van der Waals surface area (Å²) in [6.07, 6.45) is 1.11. The van der Waals surface area contributed by atoms with Gasteiger partial charge < -0.3 is 9.84 Å². The number of carboxylic acids is 1. The third kappa shape index (κ3) is 6.90. The minimum atomic E-state index is -0.850. The summed E-state index contributed by atoms with van der Waals surface area (Å²) in [5, 5.41) is 9.09. The molecule has 1 heterocycles. The molecule has 3 aromatic carbocycles. The summed E-state index contributed by atoms with van der Waals surface area (Å²) in [5.41, 5.74) is 6.24. The van der Waals surface area contributed by atoms with Crippen molar-refractivity contribution in [3.8, 4) is 17.6 Å². The summed E-state index contributed by atoms with van der Waals surface area (Å²) in [4.78, 5) is 13.6. The molecule has 0 bridgehead atoms. The van der Waals surface area contributed by atoms with E-state index < -0.39 is 5.97 Å². The van der Waals surface area contributed by atoms with Gasteiger partial charge in [-0.05, 0) is 53.3 Å². The fraction of sp³-hybridized carbons (Fsp3) is 0.276. The Kier molecular flexibility index (Phi) is 9.21. The first-order valence-electron chi connectivity index (χ1n) is 11.3. The predicted molar refractivity (Wildman–Crippen MR) is 140 cm³/mol. The first-order chi connectivity index (χ1) is 16.1. The van der Waals surface area contributed by atoms with Crippen molar-refractivity contribution in [2.75, 3.05) is 6.54 Å². The lowest BCUT2D eigenvalue weighted by Gasteiger charge is -2.28. The topological polar surface area (TPSA) is 49.8 Å². The van der Waals surface area contributed by atoms with Crippen LogP contribution in [-0.2, 0) is 30.9 Å². The Hall–Kier alpha value is -3.20. The number of carboxylic acid groups (broad SMARTS) is 1. The summed E-state index contributed by atoms with van der Waals surface area (Å²) in [5.74, 6) is 5.40. The van der Waals surface area contributed by atoms with Gasteiger partial charge >= 0.3 is 5.97 Å². The van der Waals surface area contributed by atoms with Gasteiger partial charge in [0.25, 0.3) is 0 Å². The molecule has 1 aliphatic rings. The SMILES string of the molecule is CC#C[C@@H](CC(=O)O)c1ccc(OCc2ccc(CN3CCc4ccccc4C3)cc2)cc1.S. The molecule has 0 amide bonds. The molecule has 0 aliphatic carbocycles. The second-order valence-corrected chi connectivity index (χ2v) is 8.45. The Morgan fingerprint density at radius 1 is 1.00 bits per heavy atom. The van der Waals surface area contributed by atoms with E-state index in [4.69, 9.17) is 9.84 Å². The van der Waals surface area contributed by atoms with Crippen LogP contribution in [0.3, 0.4) is 0 Å². The molecule has 0 aromatic heterocycles. The van der Waals surface area contributed by atoms with Crippen molar-refractivity contribution in [2.24, 2.45) is 0 Å². The Morgan fingerprint density at radius 2 is 1.68 bits per heavy atom. The smallest absolute Gasteiger partial charge is 0.304 e. The summed E-state index contributed by atoms with van der Waals surface area (Å²) in [7, 11) is 0. The zero-order valence-corrected chi connectivity index (χ0v) is 20.5. The molecule has 4 rings (SSSR count). The average molecular weight is 474 g/mol. The van der Waals surface area contributed by atoms with E-state index in [-0.39, 0.29) is 25.8 Å². The zero-order chi connectivity index (χ0) is 23.0. The number of carbonyl (C=O) groups is 1. The van der Waals surface area contributed by atoms with E-state index in [0.717, 1.165) is 42.9 Å². The Balaban J connectivity index is 0.00000324. The van der Waals surface area contributed by atoms with Gasteiger partial charge in [0.15, 0.2) is 0 Å². The van der Waals surface area contributed by atoms with E-state index in [2.05, 4.69) is 65.3 Å². The van der Waals surface area contributed by atoms with Crippen LogP contribution < -0.4 is 4.74 Å². The average Bonchev–Trinajstić information content (AvgIpc) is 2.83. The van der Waals surface area contributed by atoms with Crippen molar-refractivity contribution in [3.05, 3.63) is 101 Å². The maximum atomic E-state index is 11.1. The molecule has 0 fully saturated rings. The lowest BCUT2D eigenvalue weighted by molar-refractivity contribution is -0.137. The van der Waals surface area contributed by atoms with Crippen molar-refractivity contribution in [2.45, 2.75) is 45.4 Å². The molecule has 176 valence electrons. The van der Waals surface area contributed by atoms with E-state index >= 15 is 0 Å². The van der Waals surface area contributed by atoms with E-state index in [1.54, 1.807) is 6.92 Å². The molecule has 5 heteroatoms. The molecule has 0 unspecified atom stereocenters. The number of benzene rings is 3. The van der Waals surface area contributed by atoms with Crippen LogP contribution in [-0.4, -0.2) is 22.5 Å². The van der Waals surface area contributed by atoms with Gasteiger partial charge in [0.05, 0.1) is 12.3 Å². The van der Waals surface area contributed by atoms with Gasteiger partial charge in [-0.1, -0.05) is 66.6 Å². The summed E-state index contributed by atoms with van der Waals surface area (Å²) in [6.45, 7) is 5.27. The fourth-order valence-corrected chi connectivity index (χ4v) is 4.25. The van der Waals surface area contributed by atoms with Crippen LogP contribution in [0.5, 0.6) is 5.75 Å². The maximum Gasteiger partial charge on any atom is 0.304 e. The van der Waals surface area contributed by atoms with Gasteiger partial charge in [0, 0.05) is 19.6 Å². The molecular formula is C29H31NO3S. The largest absolute Gasteiger partial charge is 0.489 e. The lowest BCUT2D eigenvalue weighted by Crippen LogP contribution is -2.29. The monoisotopic (exact) mass is 473 g/mol. The second-order valence-electron chi connectivity index (χ2n) is 8.45. The molecule has 3 aromatic rings. The molecule has 0 spiro atoms. The molecular weight excluding hydrogens is 442 g/mol. The Morgan fingerprint density at radius 3 is 2.35 bits per heavy atom. The highest BCUT2D eigenvalue weighted by atomic mass is 32.1. The van der Waals surface area contributed by atoms with Crippen molar-refractivity contribution in [3.63, 3.8) is 0 Å².